The van der Waals surface area contributed by atoms with E-state index in [-0.39, 0.29) is 5.41 Å². The third kappa shape index (κ3) is 5.22. The molecule has 0 saturated carbocycles. The molecule has 0 fully saturated rings. The largest absolute Gasteiger partial charge is 0.277 e. The molecule has 0 aliphatic heterocycles. The number of hydrogen-bond acceptors (Lipinski definition) is 2. The smallest absolute Gasteiger partial charge is 0.235 e. The van der Waals surface area contributed by atoms with Crippen molar-refractivity contribution >= 4 is 43.5 Å². The van der Waals surface area contributed by atoms with Crippen LogP contribution in [0.25, 0.3) is 105 Å². The van der Waals surface area contributed by atoms with Crippen molar-refractivity contribution in [2.75, 3.05) is 0 Å². The summed E-state index contributed by atoms with van der Waals surface area (Å²) in [6.07, 6.45) is 0. The highest BCUT2D eigenvalue weighted by Gasteiger charge is 2.35. The Balaban J connectivity index is 1.16. The van der Waals surface area contributed by atoms with Gasteiger partial charge in [0.1, 0.15) is 0 Å². The van der Waals surface area contributed by atoms with Gasteiger partial charge in [0.2, 0.25) is 5.95 Å². The number of rotatable bonds is 5. The van der Waals surface area contributed by atoms with Crippen LogP contribution >= 0.6 is 0 Å². The predicted molar refractivity (Wildman–Crippen MR) is 251 cm³/mol. The molecule has 0 radical (unpaired) electrons. The fourth-order valence-electron chi connectivity index (χ4n) is 9.89. The first kappa shape index (κ1) is 34.4. The molecular weight excluding hydrogens is 727 g/mol. The van der Waals surface area contributed by atoms with E-state index in [1.165, 1.54) is 66.1 Å². The number of para-hydroxylation sites is 2. The van der Waals surface area contributed by atoms with Crippen LogP contribution < -0.4 is 0 Å². The van der Waals surface area contributed by atoms with Crippen LogP contribution in [0.4, 0.5) is 0 Å². The lowest BCUT2D eigenvalue weighted by atomic mass is 9.81. The lowest BCUT2D eigenvalue weighted by Crippen LogP contribution is -2.14. The zero-order valence-electron chi connectivity index (χ0n) is 33.4. The average Bonchev–Trinajstić information content (AvgIpc) is 3.77. The molecule has 0 spiro atoms. The highest BCUT2D eigenvalue weighted by Crippen LogP contribution is 2.50. The summed E-state index contributed by atoms with van der Waals surface area (Å²) in [6, 6.07) is 72.6. The molecule has 1 aliphatic carbocycles. The molecule has 2 heterocycles. The zero-order valence-corrected chi connectivity index (χ0v) is 33.4. The average molecular weight is 766 g/mol. The predicted octanol–water partition coefficient (Wildman–Crippen LogP) is 14.9. The van der Waals surface area contributed by atoms with E-state index >= 15 is 0 Å². The number of fused-ring (bicyclic) bond motifs is 9. The third-order valence-corrected chi connectivity index (χ3v) is 12.8. The second kappa shape index (κ2) is 13.2. The van der Waals surface area contributed by atoms with Gasteiger partial charge in [-0.05, 0) is 97.2 Å². The summed E-state index contributed by atoms with van der Waals surface area (Å²) >= 11 is 0. The van der Waals surface area contributed by atoms with Gasteiger partial charge in [-0.2, -0.15) is 0 Å². The molecule has 60 heavy (non-hydrogen) atoms. The molecule has 3 heteroatoms. The lowest BCUT2D eigenvalue weighted by Gasteiger charge is -2.22. The highest BCUT2D eigenvalue weighted by atomic mass is 15.2. The second-order valence-electron chi connectivity index (χ2n) is 16.6. The van der Waals surface area contributed by atoms with Gasteiger partial charge in [-0.1, -0.05) is 178 Å². The van der Waals surface area contributed by atoms with Gasteiger partial charge in [-0.3, -0.25) is 4.57 Å². The molecule has 0 bridgehead atoms. The molecule has 0 unspecified atom stereocenters. The minimum atomic E-state index is -0.102. The van der Waals surface area contributed by atoms with Crippen LogP contribution in [0.1, 0.15) is 25.0 Å². The van der Waals surface area contributed by atoms with Gasteiger partial charge >= 0.3 is 0 Å². The van der Waals surface area contributed by atoms with Crippen LogP contribution in [-0.4, -0.2) is 14.5 Å². The van der Waals surface area contributed by atoms with Crippen molar-refractivity contribution in [3.8, 4) is 61.7 Å². The van der Waals surface area contributed by atoms with Gasteiger partial charge in [0.15, 0.2) is 0 Å². The zero-order chi connectivity index (χ0) is 40.0. The van der Waals surface area contributed by atoms with Gasteiger partial charge in [0, 0.05) is 32.7 Å². The Kier molecular flexibility index (Phi) is 7.58. The summed E-state index contributed by atoms with van der Waals surface area (Å²) in [7, 11) is 0. The van der Waals surface area contributed by atoms with Crippen LogP contribution in [0.2, 0.25) is 0 Å². The van der Waals surface area contributed by atoms with E-state index < -0.39 is 0 Å². The van der Waals surface area contributed by atoms with Gasteiger partial charge in [-0.25, -0.2) is 9.97 Å². The normalized spacial score (nSPS) is 13.0. The maximum Gasteiger partial charge on any atom is 0.235 e. The van der Waals surface area contributed by atoms with E-state index in [0.717, 1.165) is 44.3 Å². The number of hydrogen-bond donors (Lipinski definition) is 0. The molecule has 9 aromatic carbocycles. The van der Waals surface area contributed by atoms with Crippen molar-refractivity contribution in [2.24, 2.45) is 0 Å². The van der Waals surface area contributed by atoms with E-state index in [0.29, 0.717) is 5.95 Å². The molecule has 0 amide bonds. The standard InChI is InChI=1S/C57H39N3/c1-57(2)49-26-13-11-22-45(49)46-30-28-39(35-50(46)57)41-32-40(36-16-5-3-6-17-36)33-42(34-41)44-24-15-25-48-53-43-21-10-9-18-37(43)29-31-52(53)60(55(44)48)56-58-51-27-14-12-23-47(51)54(59-56)38-19-7-4-8-20-38/h3-35H,1-2H3. The Labute approximate surface area is 348 Å². The summed E-state index contributed by atoms with van der Waals surface area (Å²) in [5, 5.41) is 5.80. The molecule has 11 aromatic rings. The maximum absolute atomic E-state index is 5.47. The first-order valence-corrected chi connectivity index (χ1v) is 20.7. The fraction of sp³-hybridized carbons (Fsp3) is 0.0526. The van der Waals surface area contributed by atoms with Gasteiger partial charge < -0.3 is 0 Å². The van der Waals surface area contributed by atoms with Gasteiger partial charge in [0.05, 0.1) is 22.2 Å². The molecule has 0 N–H and O–H groups in total. The molecule has 1 aliphatic rings. The van der Waals surface area contributed by atoms with Crippen LogP contribution in [-0.2, 0) is 5.41 Å². The van der Waals surface area contributed by atoms with Crippen LogP contribution in [0.15, 0.2) is 200 Å². The molecule has 12 rings (SSSR count). The Morgan fingerprint density at radius 2 is 1.03 bits per heavy atom. The Bertz CT molecular complexity index is 3500. The SMILES string of the molecule is CC1(C)c2ccccc2-c2ccc(-c3cc(-c4ccccc4)cc(-c4cccc5c6c7ccccc7ccc6n(-c6nc(-c7ccccc7)c7ccccc7n6)c45)c3)cc21. The first-order chi connectivity index (χ1) is 29.5. The summed E-state index contributed by atoms with van der Waals surface area (Å²) < 4.78 is 2.31. The molecule has 282 valence electrons. The number of nitrogens with zero attached hydrogens (tertiary/aromatic N) is 3. The fourth-order valence-corrected chi connectivity index (χ4v) is 9.89. The van der Waals surface area contributed by atoms with Gasteiger partial charge in [0.25, 0.3) is 0 Å². The molecule has 2 aromatic heterocycles. The van der Waals surface area contributed by atoms with E-state index in [2.05, 4.69) is 219 Å². The van der Waals surface area contributed by atoms with Gasteiger partial charge in [-0.15, -0.1) is 0 Å². The Morgan fingerprint density at radius 3 is 1.87 bits per heavy atom. The molecule has 3 nitrogen and oxygen atoms in total. The van der Waals surface area contributed by atoms with Crippen molar-refractivity contribution < 1.29 is 0 Å². The summed E-state index contributed by atoms with van der Waals surface area (Å²) in [4.78, 5) is 10.8. The monoisotopic (exact) mass is 765 g/mol. The van der Waals surface area contributed by atoms with E-state index in [4.69, 9.17) is 9.97 Å². The van der Waals surface area contributed by atoms with Crippen LogP contribution in [0, 0.1) is 0 Å². The summed E-state index contributed by atoms with van der Waals surface area (Å²) in [5.74, 6) is 0.648. The van der Waals surface area contributed by atoms with E-state index in [1.54, 1.807) is 0 Å². The number of aromatic nitrogens is 3. The molecular formula is C57H39N3. The van der Waals surface area contributed by atoms with Crippen molar-refractivity contribution in [1.29, 1.82) is 0 Å². The van der Waals surface area contributed by atoms with Crippen LogP contribution in [0.5, 0.6) is 0 Å². The summed E-state index contributed by atoms with van der Waals surface area (Å²) in [5.41, 5.74) is 17.3. The van der Waals surface area contributed by atoms with Crippen molar-refractivity contribution in [3.05, 3.63) is 211 Å². The molecule has 0 saturated heterocycles. The highest BCUT2D eigenvalue weighted by molar-refractivity contribution is 6.23. The lowest BCUT2D eigenvalue weighted by molar-refractivity contribution is 0.660. The quantitative estimate of drug-likeness (QED) is 0.175. The van der Waals surface area contributed by atoms with E-state index in [1.807, 2.05) is 0 Å². The Morgan fingerprint density at radius 1 is 0.400 bits per heavy atom. The minimum Gasteiger partial charge on any atom is -0.277 e. The molecule has 0 atom stereocenters. The van der Waals surface area contributed by atoms with E-state index in [9.17, 15) is 0 Å². The van der Waals surface area contributed by atoms with Crippen molar-refractivity contribution in [3.63, 3.8) is 0 Å². The second-order valence-corrected chi connectivity index (χ2v) is 16.6. The number of benzene rings is 9. The van der Waals surface area contributed by atoms with Crippen molar-refractivity contribution in [2.45, 2.75) is 19.3 Å². The van der Waals surface area contributed by atoms with Crippen LogP contribution in [0.3, 0.4) is 0 Å². The Hall–Kier alpha value is -7.62. The first-order valence-electron chi connectivity index (χ1n) is 20.7. The summed E-state index contributed by atoms with van der Waals surface area (Å²) in [6.45, 7) is 4.71. The maximum atomic E-state index is 5.47. The topological polar surface area (TPSA) is 30.7 Å². The van der Waals surface area contributed by atoms with Crippen molar-refractivity contribution in [1.82, 2.24) is 14.5 Å². The minimum absolute atomic E-state index is 0.102. The third-order valence-electron chi connectivity index (χ3n) is 12.8.